The van der Waals surface area contributed by atoms with E-state index in [0.717, 1.165) is 17.0 Å². The Morgan fingerprint density at radius 1 is 1.18 bits per heavy atom. The van der Waals surface area contributed by atoms with E-state index in [0.29, 0.717) is 0 Å². The lowest BCUT2D eigenvalue weighted by molar-refractivity contribution is -0.0418. The maximum atomic E-state index is 13.4. The normalized spacial score (nSPS) is 10.9. The first-order valence-corrected chi connectivity index (χ1v) is 7.36. The molecule has 0 radical (unpaired) electrons. The molecule has 126 valence electrons. The van der Waals surface area contributed by atoms with E-state index in [-0.39, 0.29) is 19.0 Å². The van der Waals surface area contributed by atoms with Crippen molar-refractivity contribution in [3.05, 3.63) is 35.4 Å². The van der Waals surface area contributed by atoms with Gasteiger partial charge in [0.1, 0.15) is 0 Å². The van der Waals surface area contributed by atoms with Crippen LogP contribution in [0.2, 0.25) is 0 Å². The largest absolute Gasteiger partial charge is 0.370 e. The number of hydrogen-bond acceptors (Lipinski definition) is 2. The van der Waals surface area contributed by atoms with Gasteiger partial charge in [0.15, 0.2) is 5.96 Å². The monoisotopic (exact) mass is 314 g/mol. The lowest BCUT2D eigenvalue weighted by Crippen LogP contribution is -2.37. The van der Waals surface area contributed by atoms with Gasteiger partial charge in [0.2, 0.25) is 0 Å². The van der Waals surface area contributed by atoms with Crippen LogP contribution in [0.15, 0.2) is 29.3 Å². The topological polar surface area (TPSA) is 76.4 Å². The first-order valence-electron chi connectivity index (χ1n) is 7.36. The molecule has 1 aromatic carbocycles. The minimum atomic E-state index is -2.98. The van der Waals surface area contributed by atoms with Crippen LogP contribution in [0.25, 0.3) is 0 Å². The molecule has 0 saturated carbocycles. The standard InChI is InChI=1S/C12H18F2N4.C4H10/c1-9-2-4-10(5-3-9)8-18-12(13,14)6-7-17-11(15)16;1-4(2)3/h2-5,18H,6-8H2,1H3,(H4,15,16,17);4H,1-3H3. The Morgan fingerprint density at radius 3 is 2.14 bits per heavy atom. The van der Waals surface area contributed by atoms with Gasteiger partial charge in [0.25, 0.3) is 0 Å². The highest BCUT2D eigenvalue weighted by Crippen LogP contribution is 2.15. The highest BCUT2D eigenvalue weighted by atomic mass is 19.3. The van der Waals surface area contributed by atoms with Crippen LogP contribution in [0.3, 0.4) is 0 Å². The summed E-state index contributed by atoms with van der Waals surface area (Å²) < 4.78 is 26.8. The lowest BCUT2D eigenvalue weighted by atomic mass is 10.1. The van der Waals surface area contributed by atoms with Crippen LogP contribution < -0.4 is 16.8 Å². The molecular formula is C16H28F2N4. The number of nitrogens with two attached hydrogens (primary N) is 2. The van der Waals surface area contributed by atoms with Gasteiger partial charge >= 0.3 is 6.05 Å². The summed E-state index contributed by atoms with van der Waals surface area (Å²) in [4.78, 5) is 3.53. The van der Waals surface area contributed by atoms with Gasteiger partial charge < -0.3 is 11.5 Å². The number of benzene rings is 1. The fourth-order valence-electron chi connectivity index (χ4n) is 1.35. The highest BCUT2D eigenvalue weighted by molar-refractivity contribution is 5.75. The zero-order chi connectivity index (χ0) is 17.2. The molecule has 22 heavy (non-hydrogen) atoms. The third-order valence-corrected chi connectivity index (χ3v) is 2.39. The molecule has 4 nitrogen and oxygen atoms in total. The maximum absolute atomic E-state index is 13.4. The Morgan fingerprint density at radius 2 is 1.68 bits per heavy atom. The molecule has 6 heteroatoms. The molecular weight excluding hydrogens is 286 g/mol. The van der Waals surface area contributed by atoms with Gasteiger partial charge in [-0.25, -0.2) is 0 Å². The zero-order valence-electron chi connectivity index (χ0n) is 13.9. The second-order valence-corrected chi connectivity index (χ2v) is 5.83. The summed E-state index contributed by atoms with van der Waals surface area (Å²) in [7, 11) is 0. The first kappa shape index (κ1) is 20.3. The van der Waals surface area contributed by atoms with Crippen molar-refractivity contribution < 1.29 is 8.78 Å². The van der Waals surface area contributed by atoms with E-state index in [1.165, 1.54) is 0 Å². The quantitative estimate of drug-likeness (QED) is 0.429. The van der Waals surface area contributed by atoms with E-state index in [4.69, 9.17) is 11.5 Å². The summed E-state index contributed by atoms with van der Waals surface area (Å²) in [5, 5.41) is 2.18. The number of nitrogens with zero attached hydrogens (tertiary/aromatic N) is 1. The number of hydrogen-bond donors (Lipinski definition) is 3. The van der Waals surface area contributed by atoms with Gasteiger partial charge in [-0.2, -0.15) is 8.78 Å². The van der Waals surface area contributed by atoms with Crippen LogP contribution in [-0.4, -0.2) is 18.6 Å². The minimum absolute atomic E-state index is 0.101. The van der Waals surface area contributed by atoms with Crippen LogP contribution in [0.1, 0.15) is 38.3 Å². The van der Waals surface area contributed by atoms with E-state index in [2.05, 4.69) is 31.1 Å². The SMILES string of the molecule is CC(C)C.Cc1ccc(CNC(F)(F)CCN=C(N)N)cc1. The van der Waals surface area contributed by atoms with E-state index in [9.17, 15) is 8.78 Å². The van der Waals surface area contributed by atoms with Gasteiger partial charge in [-0.3, -0.25) is 10.3 Å². The van der Waals surface area contributed by atoms with Crippen LogP contribution in [-0.2, 0) is 6.54 Å². The predicted molar refractivity (Wildman–Crippen MR) is 88.8 cm³/mol. The second-order valence-electron chi connectivity index (χ2n) is 5.83. The second kappa shape index (κ2) is 10.1. The Labute approximate surface area is 132 Å². The summed E-state index contributed by atoms with van der Waals surface area (Å²) >= 11 is 0. The summed E-state index contributed by atoms with van der Waals surface area (Å²) in [6, 6.07) is 4.41. The molecule has 0 spiro atoms. The van der Waals surface area contributed by atoms with Crippen molar-refractivity contribution in [1.82, 2.24) is 5.32 Å². The van der Waals surface area contributed by atoms with Crippen molar-refractivity contribution in [1.29, 1.82) is 0 Å². The highest BCUT2D eigenvalue weighted by Gasteiger charge is 2.27. The molecule has 0 unspecified atom stereocenters. The molecule has 1 aromatic rings. The molecule has 0 aliphatic rings. The van der Waals surface area contributed by atoms with E-state index in [1.807, 2.05) is 31.2 Å². The van der Waals surface area contributed by atoms with Crippen molar-refractivity contribution in [2.75, 3.05) is 6.54 Å². The lowest BCUT2D eigenvalue weighted by Gasteiger charge is -2.17. The number of aryl methyl sites for hydroxylation is 1. The Bertz CT molecular complexity index is 435. The zero-order valence-corrected chi connectivity index (χ0v) is 13.9. The Kier molecular flexibility index (Phi) is 9.33. The number of rotatable bonds is 6. The van der Waals surface area contributed by atoms with Gasteiger partial charge in [-0.15, -0.1) is 0 Å². The van der Waals surface area contributed by atoms with Crippen LogP contribution in [0.5, 0.6) is 0 Å². The van der Waals surface area contributed by atoms with Crippen molar-refractivity contribution >= 4 is 5.96 Å². The van der Waals surface area contributed by atoms with E-state index >= 15 is 0 Å². The summed E-state index contributed by atoms with van der Waals surface area (Å²) in [5.74, 6) is 0.657. The van der Waals surface area contributed by atoms with Crippen LogP contribution in [0, 0.1) is 12.8 Å². The number of nitrogens with one attached hydrogen (secondary N) is 1. The third kappa shape index (κ3) is 12.1. The Hall–Kier alpha value is -1.69. The summed E-state index contributed by atoms with van der Waals surface area (Å²) in [5.41, 5.74) is 12.0. The van der Waals surface area contributed by atoms with Crippen LogP contribution >= 0.6 is 0 Å². The smallest absolute Gasteiger partial charge is 0.304 e. The Balaban J connectivity index is 0.000000980. The van der Waals surface area contributed by atoms with Crippen molar-refractivity contribution in [2.24, 2.45) is 22.4 Å². The van der Waals surface area contributed by atoms with Gasteiger partial charge in [-0.05, 0) is 18.4 Å². The number of guanidine groups is 1. The third-order valence-electron chi connectivity index (χ3n) is 2.39. The van der Waals surface area contributed by atoms with Crippen molar-refractivity contribution in [3.63, 3.8) is 0 Å². The number of aliphatic imine (C=N–C) groups is 1. The molecule has 0 amide bonds. The molecule has 1 rings (SSSR count). The molecule has 0 atom stereocenters. The fourth-order valence-corrected chi connectivity index (χ4v) is 1.35. The van der Waals surface area contributed by atoms with Gasteiger partial charge in [-0.1, -0.05) is 50.6 Å². The molecule has 0 bridgehead atoms. The molecule has 0 aliphatic heterocycles. The van der Waals surface area contributed by atoms with Crippen LogP contribution in [0.4, 0.5) is 8.78 Å². The van der Waals surface area contributed by atoms with Gasteiger partial charge in [0, 0.05) is 19.5 Å². The molecule has 0 saturated heterocycles. The number of alkyl halides is 2. The maximum Gasteiger partial charge on any atom is 0.304 e. The first-order chi connectivity index (χ1) is 10.1. The summed E-state index contributed by atoms with van der Waals surface area (Å²) in [6.45, 7) is 8.45. The number of halogens is 2. The van der Waals surface area contributed by atoms with E-state index in [1.54, 1.807) is 0 Å². The van der Waals surface area contributed by atoms with Crippen molar-refractivity contribution in [2.45, 2.75) is 46.7 Å². The average molecular weight is 314 g/mol. The molecule has 0 aromatic heterocycles. The summed E-state index contributed by atoms with van der Waals surface area (Å²) in [6.07, 6.45) is -0.434. The molecule has 0 heterocycles. The van der Waals surface area contributed by atoms with E-state index < -0.39 is 12.5 Å². The minimum Gasteiger partial charge on any atom is -0.370 e. The molecule has 0 aliphatic carbocycles. The van der Waals surface area contributed by atoms with Gasteiger partial charge in [0.05, 0.1) is 0 Å². The fraction of sp³-hybridized carbons (Fsp3) is 0.562. The molecule has 0 fully saturated rings. The predicted octanol–water partition coefficient (Wildman–Crippen LogP) is 3.00. The average Bonchev–Trinajstić information content (AvgIpc) is 2.37. The van der Waals surface area contributed by atoms with Crippen molar-refractivity contribution in [3.8, 4) is 0 Å². The molecule has 5 N–H and O–H groups in total.